The number of anilines is 1. The number of carbonyl (C=O) groups excluding carboxylic acids is 1. The zero-order valence-electron chi connectivity index (χ0n) is 11.2. The van der Waals surface area contributed by atoms with Crippen LogP contribution >= 0.6 is 27.5 Å². The van der Waals surface area contributed by atoms with Crippen LogP contribution in [0.25, 0.3) is 5.69 Å². The predicted octanol–water partition coefficient (Wildman–Crippen LogP) is 3.88. The molecule has 0 saturated heterocycles. The third-order valence-electron chi connectivity index (χ3n) is 2.80. The summed E-state index contributed by atoms with van der Waals surface area (Å²) < 4.78 is 1.69. The summed E-state index contributed by atoms with van der Waals surface area (Å²) >= 11 is 9.40. The Bertz CT molecular complexity index is 598. The van der Waals surface area contributed by atoms with E-state index in [1.54, 1.807) is 23.0 Å². The van der Waals surface area contributed by atoms with Crippen molar-refractivity contribution in [3.05, 3.63) is 41.7 Å². The van der Waals surface area contributed by atoms with Crippen molar-refractivity contribution < 1.29 is 4.79 Å². The Morgan fingerprint density at radius 3 is 2.80 bits per heavy atom. The third kappa shape index (κ3) is 3.41. The van der Waals surface area contributed by atoms with Gasteiger partial charge in [0.1, 0.15) is 0 Å². The van der Waals surface area contributed by atoms with E-state index in [1.807, 2.05) is 32.2 Å². The van der Waals surface area contributed by atoms with Crippen molar-refractivity contribution in [2.45, 2.75) is 18.7 Å². The highest BCUT2D eigenvalue weighted by Crippen LogP contribution is 2.25. The fraction of sp³-hybridized carbons (Fsp3) is 0.286. The molecule has 6 heteroatoms. The molecule has 1 amide bonds. The molecular weight excluding hydrogens is 342 g/mol. The Balaban J connectivity index is 2.31. The number of hydrogen-bond acceptors (Lipinski definition) is 2. The number of hydrogen-bond donors (Lipinski definition) is 1. The Hall–Kier alpha value is -1.33. The topological polar surface area (TPSA) is 46.9 Å². The van der Waals surface area contributed by atoms with Crippen LogP contribution in [0.1, 0.15) is 13.8 Å². The largest absolute Gasteiger partial charge is 0.323 e. The Kier molecular flexibility index (Phi) is 4.83. The van der Waals surface area contributed by atoms with Crippen molar-refractivity contribution in [3.8, 4) is 5.69 Å². The van der Waals surface area contributed by atoms with Crippen molar-refractivity contribution in [3.63, 3.8) is 0 Å². The SMILES string of the molecule is CC(C)C(Br)C(=O)Nc1cc(Cl)ccc1-n1cccn1. The first-order valence-corrected chi connectivity index (χ1v) is 7.53. The molecule has 1 aromatic heterocycles. The van der Waals surface area contributed by atoms with E-state index in [4.69, 9.17) is 11.6 Å². The molecule has 0 spiro atoms. The number of benzene rings is 1. The van der Waals surface area contributed by atoms with E-state index in [-0.39, 0.29) is 16.7 Å². The molecule has 0 bridgehead atoms. The summed E-state index contributed by atoms with van der Waals surface area (Å²) in [7, 11) is 0. The van der Waals surface area contributed by atoms with Gasteiger partial charge >= 0.3 is 0 Å². The molecule has 0 aliphatic rings. The second-order valence-corrected chi connectivity index (χ2v) is 6.17. The molecule has 0 aliphatic carbocycles. The maximum Gasteiger partial charge on any atom is 0.238 e. The van der Waals surface area contributed by atoms with Gasteiger partial charge in [0.15, 0.2) is 0 Å². The lowest BCUT2D eigenvalue weighted by molar-refractivity contribution is -0.116. The molecule has 1 N–H and O–H groups in total. The van der Waals surface area contributed by atoms with Gasteiger partial charge in [0.05, 0.1) is 16.2 Å². The molecule has 0 aliphatic heterocycles. The van der Waals surface area contributed by atoms with Crippen molar-refractivity contribution >= 4 is 39.1 Å². The van der Waals surface area contributed by atoms with Crippen molar-refractivity contribution in [1.29, 1.82) is 0 Å². The molecule has 0 saturated carbocycles. The summed E-state index contributed by atoms with van der Waals surface area (Å²) in [5.74, 6) is 0.0954. The van der Waals surface area contributed by atoms with E-state index in [0.717, 1.165) is 5.69 Å². The van der Waals surface area contributed by atoms with Gasteiger partial charge in [-0.2, -0.15) is 5.10 Å². The van der Waals surface area contributed by atoms with Crippen LogP contribution in [0, 0.1) is 5.92 Å². The smallest absolute Gasteiger partial charge is 0.238 e. The number of nitrogens with one attached hydrogen (secondary N) is 1. The van der Waals surface area contributed by atoms with Gasteiger partial charge in [0, 0.05) is 17.4 Å². The van der Waals surface area contributed by atoms with Crippen LogP contribution in [-0.2, 0) is 4.79 Å². The van der Waals surface area contributed by atoms with Gasteiger partial charge in [-0.05, 0) is 30.2 Å². The Labute approximate surface area is 131 Å². The van der Waals surface area contributed by atoms with Crippen molar-refractivity contribution in [2.24, 2.45) is 5.92 Å². The first-order valence-electron chi connectivity index (χ1n) is 6.23. The molecule has 1 atom stereocenters. The van der Waals surface area contributed by atoms with E-state index < -0.39 is 0 Å². The van der Waals surface area contributed by atoms with Gasteiger partial charge in [-0.15, -0.1) is 0 Å². The molecule has 2 aromatic rings. The second-order valence-electron chi connectivity index (χ2n) is 4.75. The summed E-state index contributed by atoms with van der Waals surface area (Å²) in [5.41, 5.74) is 1.41. The minimum Gasteiger partial charge on any atom is -0.323 e. The summed E-state index contributed by atoms with van der Waals surface area (Å²) in [6, 6.07) is 7.13. The zero-order valence-corrected chi connectivity index (χ0v) is 13.5. The van der Waals surface area contributed by atoms with Crippen LogP contribution in [0.4, 0.5) is 5.69 Å². The fourth-order valence-corrected chi connectivity index (χ4v) is 2.01. The number of nitrogens with zero attached hydrogens (tertiary/aromatic N) is 2. The molecular formula is C14H15BrClN3O. The van der Waals surface area contributed by atoms with Gasteiger partial charge in [0.2, 0.25) is 5.91 Å². The molecule has 4 nitrogen and oxygen atoms in total. The molecule has 1 aromatic carbocycles. The van der Waals surface area contributed by atoms with E-state index in [0.29, 0.717) is 10.7 Å². The highest BCUT2D eigenvalue weighted by Gasteiger charge is 2.20. The van der Waals surface area contributed by atoms with Crippen LogP contribution < -0.4 is 5.32 Å². The van der Waals surface area contributed by atoms with Gasteiger partial charge in [-0.3, -0.25) is 4.79 Å². The van der Waals surface area contributed by atoms with E-state index in [2.05, 4.69) is 26.3 Å². The lowest BCUT2D eigenvalue weighted by atomic mass is 10.1. The quantitative estimate of drug-likeness (QED) is 0.845. The molecule has 0 radical (unpaired) electrons. The number of amides is 1. The minimum absolute atomic E-state index is 0.101. The number of aromatic nitrogens is 2. The van der Waals surface area contributed by atoms with Gasteiger partial charge in [0.25, 0.3) is 0 Å². The van der Waals surface area contributed by atoms with E-state index in [9.17, 15) is 4.79 Å². The summed E-state index contributed by atoms with van der Waals surface area (Å²) in [4.78, 5) is 11.9. The number of carbonyl (C=O) groups is 1. The summed E-state index contributed by atoms with van der Waals surface area (Å²) in [6.45, 7) is 3.96. The third-order valence-corrected chi connectivity index (χ3v) is 4.51. The Morgan fingerprint density at radius 1 is 1.45 bits per heavy atom. The maximum atomic E-state index is 12.2. The highest BCUT2D eigenvalue weighted by molar-refractivity contribution is 9.10. The minimum atomic E-state index is -0.257. The molecule has 106 valence electrons. The van der Waals surface area contributed by atoms with Crippen molar-refractivity contribution in [2.75, 3.05) is 5.32 Å². The van der Waals surface area contributed by atoms with Crippen LogP contribution in [0.3, 0.4) is 0 Å². The summed E-state index contributed by atoms with van der Waals surface area (Å²) in [6.07, 6.45) is 3.49. The molecule has 1 heterocycles. The van der Waals surface area contributed by atoms with Gasteiger partial charge in [-0.25, -0.2) is 4.68 Å². The average molecular weight is 357 g/mol. The standard InChI is InChI=1S/C14H15BrClN3O/c1-9(2)13(15)14(20)18-11-8-10(16)4-5-12(11)19-7-3-6-17-19/h3-9,13H,1-2H3,(H,18,20). The fourth-order valence-electron chi connectivity index (χ4n) is 1.72. The number of halogens is 2. The van der Waals surface area contributed by atoms with Crippen molar-refractivity contribution in [1.82, 2.24) is 9.78 Å². The molecule has 0 fully saturated rings. The van der Waals surface area contributed by atoms with E-state index >= 15 is 0 Å². The first-order chi connectivity index (χ1) is 9.49. The second kappa shape index (κ2) is 6.41. The lowest BCUT2D eigenvalue weighted by Gasteiger charge is -2.16. The van der Waals surface area contributed by atoms with Crippen LogP contribution in [0.15, 0.2) is 36.7 Å². The normalized spacial score (nSPS) is 12.4. The van der Waals surface area contributed by atoms with Gasteiger partial charge in [-0.1, -0.05) is 41.4 Å². The Morgan fingerprint density at radius 2 is 2.20 bits per heavy atom. The molecule has 20 heavy (non-hydrogen) atoms. The van der Waals surface area contributed by atoms with Gasteiger partial charge < -0.3 is 5.32 Å². The average Bonchev–Trinajstić information content (AvgIpc) is 2.91. The van der Waals surface area contributed by atoms with Crippen LogP contribution in [-0.4, -0.2) is 20.5 Å². The molecule has 1 unspecified atom stereocenters. The van der Waals surface area contributed by atoms with E-state index in [1.165, 1.54) is 0 Å². The molecule has 2 rings (SSSR count). The zero-order chi connectivity index (χ0) is 14.7. The number of rotatable bonds is 4. The monoisotopic (exact) mass is 355 g/mol. The summed E-state index contributed by atoms with van der Waals surface area (Å²) in [5, 5.41) is 7.63. The lowest BCUT2D eigenvalue weighted by Crippen LogP contribution is -2.27. The first kappa shape index (κ1) is 15.1. The predicted molar refractivity (Wildman–Crippen MR) is 84.8 cm³/mol. The maximum absolute atomic E-state index is 12.2. The highest BCUT2D eigenvalue weighted by atomic mass is 79.9. The number of alkyl halides is 1. The van der Waals surface area contributed by atoms with Crippen LogP contribution in [0.5, 0.6) is 0 Å². The van der Waals surface area contributed by atoms with Crippen LogP contribution in [0.2, 0.25) is 5.02 Å².